The van der Waals surface area contributed by atoms with E-state index in [1.165, 1.54) is 7.05 Å². The number of nitrogens with one attached hydrogen (secondary N) is 2. The smallest absolute Gasteiger partial charge is 0.321 e. The van der Waals surface area contributed by atoms with Gasteiger partial charge < -0.3 is 15.1 Å². The number of imide groups is 1. The highest BCUT2D eigenvalue weighted by Crippen LogP contribution is 2.18. The molecule has 2 aromatic rings. The van der Waals surface area contributed by atoms with Gasteiger partial charge in [0.15, 0.2) is 18.3 Å². The molecular weight excluding hydrogens is 270 g/mol. The Hall–Kier alpha value is -2.60. The number of urea groups is 1. The van der Waals surface area contributed by atoms with Crippen molar-refractivity contribution in [2.24, 2.45) is 0 Å². The summed E-state index contributed by atoms with van der Waals surface area (Å²) in [6.45, 7) is 0.119. The van der Waals surface area contributed by atoms with Crippen LogP contribution in [-0.4, -0.2) is 25.5 Å². The number of amides is 3. The van der Waals surface area contributed by atoms with Gasteiger partial charge in [-0.3, -0.25) is 10.1 Å². The molecule has 1 aromatic heterocycles. The zero-order valence-electron chi connectivity index (χ0n) is 11.7. The predicted octanol–water partition coefficient (Wildman–Crippen LogP) is 0.388. The fraction of sp³-hybridized carbons (Fsp3) is 0.200. The van der Waals surface area contributed by atoms with Crippen LogP contribution in [-0.2, 0) is 4.79 Å². The number of nitrogens with two attached hydrogens (primary N) is 1. The van der Waals surface area contributed by atoms with Gasteiger partial charge >= 0.3 is 6.03 Å². The van der Waals surface area contributed by atoms with Gasteiger partial charge in [-0.15, -0.1) is 0 Å². The zero-order valence-corrected chi connectivity index (χ0v) is 11.7. The molecule has 0 saturated heterocycles. The van der Waals surface area contributed by atoms with Crippen LogP contribution in [0.3, 0.4) is 0 Å². The van der Waals surface area contributed by atoms with Crippen LogP contribution in [0.5, 0.6) is 0 Å². The Labute approximate surface area is 122 Å². The summed E-state index contributed by atoms with van der Waals surface area (Å²) in [5.41, 5.74) is 1.03. The molecule has 0 bridgehead atoms. The SMILES string of the molecule is CNC(=O)NC(=O)C[NH2+][C@@H](c1ccccc1)c1ccco1. The molecule has 0 aliphatic heterocycles. The van der Waals surface area contributed by atoms with Gasteiger partial charge in [0.1, 0.15) is 0 Å². The topological polar surface area (TPSA) is 88.0 Å². The van der Waals surface area contributed by atoms with Gasteiger partial charge in [0, 0.05) is 12.6 Å². The molecular formula is C15H18N3O3+. The van der Waals surface area contributed by atoms with Gasteiger partial charge in [0.25, 0.3) is 5.91 Å². The monoisotopic (exact) mass is 288 g/mol. The van der Waals surface area contributed by atoms with E-state index in [9.17, 15) is 9.59 Å². The molecule has 2 rings (SSSR count). The normalized spacial score (nSPS) is 11.7. The molecule has 4 N–H and O–H groups in total. The van der Waals surface area contributed by atoms with Crippen molar-refractivity contribution in [1.82, 2.24) is 10.6 Å². The van der Waals surface area contributed by atoms with E-state index in [1.807, 2.05) is 47.8 Å². The largest absolute Gasteiger partial charge is 0.463 e. The number of hydrogen-bond donors (Lipinski definition) is 3. The maximum absolute atomic E-state index is 11.7. The highest BCUT2D eigenvalue weighted by Gasteiger charge is 2.21. The number of hydrogen-bond acceptors (Lipinski definition) is 3. The summed E-state index contributed by atoms with van der Waals surface area (Å²) in [5, 5.41) is 6.40. The Morgan fingerprint density at radius 2 is 1.95 bits per heavy atom. The van der Waals surface area contributed by atoms with Gasteiger partial charge in [0.05, 0.1) is 6.26 Å². The van der Waals surface area contributed by atoms with E-state index in [0.717, 1.165) is 11.3 Å². The van der Waals surface area contributed by atoms with Gasteiger partial charge in [-0.25, -0.2) is 4.79 Å². The van der Waals surface area contributed by atoms with E-state index in [0.29, 0.717) is 0 Å². The Balaban J connectivity index is 2.04. The van der Waals surface area contributed by atoms with Crippen LogP contribution in [0.1, 0.15) is 17.4 Å². The molecule has 1 atom stereocenters. The third-order valence-corrected chi connectivity index (χ3v) is 3.03. The molecule has 0 unspecified atom stereocenters. The molecule has 1 heterocycles. The molecule has 1 aromatic carbocycles. The van der Waals surface area contributed by atoms with E-state index in [4.69, 9.17) is 4.42 Å². The molecule has 0 saturated carbocycles. The van der Waals surface area contributed by atoms with Crippen LogP contribution in [0.25, 0.3) is 0 Å². The third-order valence-electron chi connectivity index (χ3n) is 3.03. The second-order valence-electron chi connectivity index (χ2n) is 4.47. The van der Waals surface area contributed by atoms with Crippen molar-refractivity contribution in [3.63, 3.8) is 0 Å². The van der Waals surface area contributed by atoms with E-state index in [2.05, 4.69) is 10.6 Å². The van der Waals surface area contributed by atoms with E-state index in [-0.39, 0.29) is 18.5 Å². The summed E-state index contributed by atoms with van der Waals surface area (Å²) in [6.07, 6.45) is 1.60. The quantitative estimate of drug-likeness (QED) is 0.743. The van der Waals surface area contributed by atoms with Crippen LogP contribution in [0.15, 0.2) is 53.1 Å². The fourth-order valence-electron chi connectivity index (χ4n) is 2.01. The number of carbonyl (C=O) groups is 2. The molecule has 6 nitrogen and oxygen atoms in total. The van der Waals surface area contributed by atoms with Crippen LogP contribution < -0.4 is 16.0 Å². The molecule has 21 heavy (non-hydrogen) atoms. The first kappa shape index (κ1) is 14.8. The Kier molecular flexibility index (Phi) is 5.11. The minimum atomic E-state index is -0.511. The molecule has 6 heteroatoms. The highest BCUT2D eigenvalue weighted by atomic mass is 16.3. The number of furan rings is 1. The van der Waals surface area contributed by atoms with Gasteiger partial charge in [-0.1, -0.05) is 30.3 Å². The number of carbonyl (C=O) groups excluding carboxylic acids is 2. The Morgan fingerprint density at radius 3 is 2.57 bits per heavy atom. The van der Waals surface area contributed by atoms with Gasteiger partial charge in [-0.05, 0) is 12.1 Å². The average Bonchev–Trinajstić information content (AvgIpc) is 3.02. The predicted molar refractivity (Wildman–Crippen MR) is 76.4 cm³/mol. The van der Waals surface area contributed by atoms with Crippen molar-refractivity contribution in [2.45, 2.75) is 6.04 Å². The lowest BCUT2D eigenvalue weighted by Gasteiger charge is -2.13. The summed E-state index contributed by atoms with van der Waals surface area (Å²) in [5.74, 6) is 0.399. The maximum atomic E-state index is 11.7. The minimum Gasteiger partial charge on any atom is -0.463 e. The van der Waals surface area contributed by atoms with Crippen LogP contribution in [0, 0.1) is 0 Å². The standard InChI is InChI=1S/C15H17N3O3/c1-16-15(20)18-13(19)10-17-14(12-8-5-9-21-12)11-6-3-2-4-7-11/h2-9,14,17H,10H2,1H3,(H2,16,18,19,20)/p+1/t14-/m0/s1. The molecule has 0 spiro atoms. The van der Waals surface area contributed by atoms with Crippen molar-refractivity contribution in [3.8, 4) is 0 Å². The second-order valence-corrected chi connectivity index (χ2v) is 4.47. The molecule has 3 amide bonds. The fourth-order valence-corrected chi connectivity index (χ4v) is 2.01. The second kappa shape index (κ2) is 7.25. The summed E-state index contributed by atoms with van der Waals surface area (Å²) in [6, 6.07) is 12.8. The van der Waals surface area contributed by atoms with E-state index >= 15 is 0 Å². The number of rotatable bonds is 5. The maximum Gasteiger partial charge on any atom is 0.321 e. The molecule has 0 fully saturated rings. The van der Waals surface area contributed by atoms with E-state index in [1.54, 1.807) is 6.26 Å². The lowest BCUT2D eigenvalue weighted by atomic mass is 10.0. The molecule has 0 aliphatic carbocycles. The van der Waals surface area contributed by atoms with Gasteiger partial charge in [-0.2, -0.15) is 0 Å². The van der Waals surface area contributed by atoms with Crippen molar-refractivity contribution in [2.75, 3.05) is 13.6 Å². The van der Waals surface area contributed by atoms with E-state index < -0.39 is 6.03 Å². The molecule has 110 valence electrons. The summed E-state index contributed by atoms with van der Waals surface area (Å²) < 4.78 is 5.44. The Bertz CT molecular complexity index is 581. The minimum absolute atomic E-state index is 0.119. The van der Waals surface area contributed by atoms with Crippen molar-refractivity contribution >= 4 is 11.9 Å². The summed E-state index contributed by atoms with van der Waals surface area (Å²) >= 11 is 0. The first-order valence-corrected chi connectivity index (χ1v) is 6.64. The van der Waals surface area contributed by atoms with Crippen molar-refractivity contribution < 1.29 is 19.3 Å². The van der Waals surface area contributed by atoms with Crippen LogP contribution in [0.4, 0.5) is 4.79 Å². The highest BCUT2D eigenvalue weighted by molar-refractivity contribution is 5.94. The van der Waals surface area contributed by atoms with Crippen molar-refractivity contribution in [3.05, 3.63) is 60.1 Å². The average molecular weight is 288 g/mol. The lowest BCUT2D eigenvalue weighted by Crippen LogP contribution is -2.87. The zero-order chi connectivity index (χ0) is 15.1. The molecule has 0 radical (unpaired) electrons. The van der Waals surface area contributed by atoms with Gasteiger partial charge in [0.2, 0.25) is 0 Å². The van der Waals surface area contributed by atoms with Crippen molar-refractivity contribution in [1.29, 1.82) is 0 Å². The Morgan fingerprint density at radius 1 is 1.19 bits per heavy atom. The summed E-state index contributed by atoms with van der Waals surface area (Å²) in [7, 11) is 1.46. The third kappa shape index (κ3) is 4.19. The number of benzene rings is 1. The van der Waals surface area contributed by atoms with Crippen LogP contribution >= 0.6 is 0 Å². The number of quaternary nitrogens is 1. The first-order chi connectivity index (χ1) is 10.2. The van der Waals surface area contributed by atoms with Crippen LogP contribution in [0.2, 0.25) is 0 Å². The lowest BCUT2D eigenvalue weighted by molar-refractivity contribution is -0.678. The summed E-state index contributed by atoms with van der Waals surface area (Å²) in [4.78, 5) is 22.8. The molecule has 0 aliphatic rings. The first-order valence-electron chi connectivity index (χ1n) is 6.64.